The largest absolute Gasteiger partial charge is 0.319 e. The second kappa shape index (κ2) is 4.23. The van der Waals surface area contributed by atoms with Crippen LogP contribution >= 0.6 is 0 Å². The number of Topliss-reactive ketones (excluding diaryl/α,β-unsaturated/α-hetero) is 1. The highest BCUT2D eigenvalue weighted by Crippen LogP contribution is 2.27. The van der Waals surface area contributed by atoms with Gasteiger partial charge in [0.15, 0.2) is 5.78 Å². The predicted octanol–water partition coefficient (Wildman–Crippen LogP) is 2.26. The third kappa shape index (κ3) is 3.47. The number of carbonyl (C=O) groups is 1. The van der Waals surface area contributed by atoms with Crippen molar-refractivity contribution < 1.29 is 4.79 Å². The molecule has 0 aromatic carbocycles. The van der Waals surface area contributed by atoms with Gasteiger partial charge in [-0.25, -0.2) is 0 Å². The van der Waals surface area contributed by atoms with E-state index in [1.807, 2.05) is 0 Å². The molecule has 0 aromatic heterocycles. The maximum atomic E-state index is 11.6. The summed E-state index contributed by atoms with van der Waals surface area (Å²) in [5, 5.41) is 0. The normalized spacial score (nSPS) is 20.2. The first-order valence-corrected chi connectivity index (χ1v) is 5.32. The quantitative estimate of drug-likeness (QED) is 0.729. The van der Waals surface area contributed by atoms with Crippen LogP contribution in [-0.4, -0.2) is 11.3 Å². The molecule has 2 N–H and O–H groups in total. The summed E-state index contributed by atoms with van der Waals surface area (Å²) in [4.78, 5) is 11.6. The molecule has 1 saturated carbocycles. The Morgan fingerprint density at radius 2 is 1.85 bits per heavy atom. The van der Waals surface area contributed by atoms with Crippen LogP contribution in [0.3, 0.4) is 0 Å². The van der Waals surface area contributed by atoms with Crippen molar-refractivity contribution in [2.45, 2.75) is 57.9 Å². The van der Waals surface area contributed by atoms with E-state index in [0.29, 0.717) is 12.3 Å². The number of hydrogen-bond donors (Lipinski definition) is 1. The van der Waals surface area contributed by atoms with Crippen LogP contribution in [0.25, 0.3) is 0 Å². The molecule has 1 aliphatic rings. The Kier molecular flexibility index (Phi) is 3.48. The van der Waals surface area contributed by atoms with E-state index in [0.717, 1.165) is 0 Å². The van der Waals surface area contributed by atoms with Crippen molar-refractivity contribution in [2.24, 2.45) is 11.7 Å². The van der Waals surface area contributed by atoms with E-state index >= 15 is 0 Å². The first-order valence-electron chi connectivity index (χ1n) is 5.32. The highest BCUT2D eigenvalue weighted by molar-refractivity contribution is 5.87. The van der Waals surface area contributed by atoms with Crippen LogP contribution in [0.4, 0.5) is 0 Å². The van der Waals surface area contributed by atoms with Crippen LogP contribution in [0.5, 0.6) is 0 Å². The summed E-state index contributed by atoms with van der Waals surface area (Å²) in [6.45, 7) is 3.61. The van der Waals surface area contributed by atoms with Crippen LogP contribution in [0, 0.1) is 5.92 Å². The molecule has 0 unspecified atom stereocenters. The molecule has 0 aromatic rings. The van der Waals surface area contributed by atoms with E-state index in [4.69, 9.17) is 5.73 Å². The lowest BCUT2D eigenvalue weighted by Gasteiger charge is -2.24. The van der Waals surface area contributed by atoms with Crippen LogP contribution in [0.2, 0.25) is 0 Å². The number of carbonyl (C=O) groups excluding carboxylic acids is 1. The lowest BCUT2D eigenvalue weighted by Crippen LogP contribution is -2.42. The smallest absolute Gasteiger partial charge is 0.152 e. The van der Waals surface area contributed by atoms with E-state index in [2.05, 4.69) is 0 Å². The standard InChI is InChI=1S/C11H21NO/c1-11(2,12)10(13)8-9-6-4-3-5-7-9/h9H,3-8,12H2,1-2H3. The van der Waals surface area contributed by atoms with Crippen molar-refractivity contribution in [1.82, 2.24) is 0 Å². The van der Waals surface area contributed by atoms with Crippen LogP contribution in [0.1, 0.15) is 52.4 Å². The first kappa shape index (κ1) is 10.7. The summed E-state index contributed by atoms with van der Waals surface area (Å²) in [5.74, 6) is 0.837. The van der Waals surface area contributed by atoms with Gasteiger partial charge in [0, 0.05) is 6.42 Å². The van der Waals surface area contributed by atoms with Crippen LogP contribution in [-0.2, 0) is 4.79 Å². The summed E-state index contributed by atoms with van der Waals surface area (Å²) in [5.41, 5.74) is 5.12. The molecule has 0 spiro atoms. The molecule has 2 nitrogen and oxygen atoms in total. The molecule has 1 rings (SSSR count). The highest BCUT2D eigenvalue weighted by atomic mass is 16.1. The predicted molar refractivity (Wildman–Crippen MR) is 54.5 cm³/mol. The average molecular weight is 183 g/mol. The van der Waals surface area contributed by atoms with Gasteiger partial charge in [-0.2, -0.15) is 0 Å². The summed E-state index contributed by atoms with van der Waals surface area (Å²) >= 11 is 0. The van der Waals surface area contributed by atoms with E-state index in [-0.39, 0.29) is 5.78 Å². The van der Waals surface area contributed by atoms with Gasteiger partial charge in [-0.1, -0.05) is 32.1 Å². The topological polar surface area (TPSA) is 43.1 Å². The maximum Gasteiger partial charge on any atom is 0.152 e. The molecule has 2 heteroatoms. The molecule has 0 amide bonds. The molecule has 0 saturated heterocycles. The minimum Gasteiger partial charge on any atom is -0.319 e. The van der Waals surface area contributed by atoms with Gasteiger partial charge in [0.05, 0.1) is 5.54 Å². The number of ketones is 1. The molecule has 1 aliphatic carbocycles. The van der Waals surface area contributed by atoms with Gasteiger partial charge in [0.1, 0.15) is 0 Å². The minimum atomic E-state index is -0.628. The highest BCUT2D eigenvalue weighted by Gasteiger charge is 2.25. The van der Waals surface area contributed by atoms with Crippen molar-refractivity contribution in [1.29, 1.82) is 0 Å². The molecule has 76 valence electrons. The van der Waals surface area contributed by atoms with Gasteiger partial charge in [0.25, 0.3) is 0 Å². The van der Waals surface area contributed by atoms with E-state index in [9.17, 15) is 4.79 Å². The van der Waals surface area contributed by atoms with Crippen molar-refractivity contribution in [2.75, 3.05) is 0 Å². The second-order valence-corrected chi connectivity index (χ2v) is 4.85. The van der Waals surface area contributed by atoms with E-state index in [1.165, 1.54) is 32.1 Å². The molecular weight excluding hydrogens is 162 g/mol. The average Bonchev–Trinajstić information content (AvgIpc) is 2.04. The molecule has 1 fully saturated rings. The third-order valence-electron chi connectivity index (χ3n) is 2.92. The molecule has 0 bridgehead atoms. The lowest BCUT2D eigenvalue weighted by atomic mass is 9.82. The molecule has 0 aliphatic heterocycles. The Hall–Kier alpha value is -0.370. The minimum absolute atomic E-state index is 0.222. The lowest BCUT2D eigenvalue weighted by molar-refractivity contribution is -0.124. The van der Waals surface area contributed by atoms with Gasteiger partial charge in [0.2, 0.25) is 0 Å². The fraction of sp³-hybridized carbons (Fsp3) is 0.909. The van der Waals surface area contributed by atoms with Crippen LogP contribution < -0.4 is 5.73 Å². The summed E-state index contributed by atoms with van der Waals surface area (Å²) in [6.07, 6.45) is 7.08. The SMILES string of the molecule is CC(C)(N)C(=O)CC1CCCCC1. The van der Waals surface area contributed by atoms with E-state index < -0.39 is 5.54 Å². The summed E-state index contributed by atoms with van der Waals surface area (Å²) in [6, 6.07) is 0. The van der Waals surface area contributed by atoms with Gasteiger partial charge in [-0.05, 0) is 19.8 Å². The molecular formula is C11H21NO. The Morgan fingerprint density at radius 1 is 1.31 bits per heavy atom. The number of nitrogens with two attached hydrogens (primary N) is 1. The zero-order chi connectivity index (χ0) is 9.90. The fourth-order valence-electron chi connectivity index (χ4n) is 1.92. The number of hydrogen-bond acceptors (Lipinski definition) is 2. The Bertz CT molecular complexity index is 175. The van der Waals surface area contributed by atoms with Crippen molar-refractivity contribution in [3.63, 3.8) is 0 Å². The monoisotopic (exact) mass is 183 g/mol. The summed E-state index contributed by atoms with van der Waals surface area (Å²) < 4.78 is 0. The maximum absolute atomic E-state index is 11.6. The molecule has 0 heterocycles. The van der Waals surface area contributed by atoms with Gasteiger partial charge in [-0.3, -0.25) is 4.79 Å². The van der Waals surface area contributed by atoms with E-state index in [1.54, 1.807) is 13.8 Å². The first-order chi connectivity index (χ1) is 6.00. The van der Waals surface area contributed by atoms with Crippen molar-refractivity contribution >= 4 is 5.78 Å². The molecule has 0 atom stereocenters. The van der Waals surface area contributed by atoms with Gasteiger partial charge in [-0.15, -0.1) is 0 Å². The Morgan fingerprint density at radius 3 is 2.31 bits per heavy atom. The fourth-order valence-corrected chi connectivity index (χ4v) is 1.92. The zero-order valence-electron chi connectivity index (χ0n) is 8.81. The summed E-state index contributed by atoms with van der Waals surface area (Å²) in [7, 11) is 0. The Balaban J connectivity index is 2.35. The molecule has 13 heavy (non-hydrogen) atoms. The van der Waals surface area contributed by atoms with Crippen molar-refractivity contribution in [3.8, 4) is 0 Å². The van der Waals surface area contributed by atoms with Gasteiger partial charge >= 0.3 is 0 Å². The van der Waals surface area contributed by atoms with Gasteiger partial charge < -0.3 is 5.73 Å². The third-order valence-corrected chi connectivity index (χ3v) is 2.92. The van der Waals surface area contributed by atoms with Crippen molar-refractivity contribution in [3.05, 3.63) is 0 Å². The zero-order valence-corrected chi connectivity index (χ0v) is 8.81. The molecule has 0 radical (unpaired) electrons. The second-order valence-electron chi connectivity index (χ2n) is 4.85. The number of rotatable bonds is 3. The van der Waals surface area contributed by atoms with Crippen LogP contribution in [0.15, 0.2) is 0 Å². The Labute approximate surface area is 80.9 Å².